The average Bonchev–Trinajstić information content (AvgIpc) is 2.41. The third-order valence-electron chi connectivity index (χ3n) is 3.89. The van der Waals surface area contributed by atoms with Gasteiger partial charge in [0.2, 0.25) is 0 Å². The van der Waals surface area contributed by atoms with Gasteiger partial charge in [-0.2, -0.15) is 0 Å². The Hall–Kier alpha value is -1.22. The van der Waals surface area contributed by atoms with Gasteiger partial charge in [-0.25, -0.2) is 0 Å². The van der Waals surface area contributed by atoms with Crippen molar-refractivity contribution in [2.45, 2.75) is 32.7 Å². The van der Waals surface area contributed by atoms with Crippen LogP contribution in [-0.2, 0) is 0 Å². The molecule has 0 spiro atoms. The molecule has 1 aliphatic heterocycles. The minimum Gasteiger partial charge on any atom is -0.494 e. The minimum absolute atomic E-state index is 0.214. The van der Waals surface area contributed by atoms with E-state index < -0.39 is 0 Å². The third-order valence-corrected chi connectivity index (χ3v) is 3.89. The van der Waals surface area contributed by atoms with Crippen LogP contribution in [0.25, 0.3) is 0 Å². The van der Waals surface area contributed by atoms with E-state index in [9.17, 15) is 0 Å². The molecular formula is C15H24N2O. The lowest BCUT2D eigenvalue weighted by atomic mass is 9.93. The van der Waals surface area contributed by atoms with Crippen molar-refractivity contribution in [2.75, 3.05) is 31.1 Å². The number of rotatable bonds is 4. The van der Waals surface area contributed by atoms with E-state index in [0.717, 1.165) is 38.4 Å². The van der Waals surface area contributed by atoms with E-state index in [1.165, 1.54) is 5.69 Å². The maximum atomic E-state index is 5.50. The Balaban J connectivity index is 2.18. The van der Waals surface area contributed by atoms with Gasteiger partial charge in [0.15, 0.2) is 0 Å². The van der Waals surface area contributed by atoms with E-state index in [4.69, 9.17) is 4.74 Å². The smallest absolute Gasteiger partial charge is 0.119 e. The van der Waals surface area contributed by atoms with Crippen molar-refractivity contribution < 1.29 is 4.74 Å². The van der Waals surface area contributed by atoms with Crippen molar-refractivity contribution in [1.82, 2.24) is 5.32 Å². The number of hydrogen-bond acceptors (Lipinski definition) is 3. The van der Waals surface area contributed by atoms with Crippen molar-refractivity contribution in [1.29, 1.82) is 0 Å². The molecule has 1 heterocycles. The highest BCUT2D eigenvalue weighted by molar-refractivity contribution is 5.52. The summed E-state index contributed by atoms with van der Waals surface area (Å²) in [5.74, 6) is 0.953. The van der Waals surface area contributed by atoms with Crippen molar-refractivity contribution in [3.8, 4) is 5.75 Å². The van der Waals surface area contributed by atoms with Crippen molar-refractivity contribution in [3.63, 3.8) is 0 Å². The topological polar surface area (TPSA) is 24.5 Å². The molecular weight excluding hydrogens is 224 g/mol. The summed E-state index contributed by atoms with van der Waals surface area (Å²) in [5, 5.41) is 3.49. The van der Waals surface area contributed by atoms with Gasteiger partial charge in [-0.3, -0.25) is 0 Å². The highest BCUT2D eigenvalue weighted by Gasteiger charge is 2.32. The Morgan fingerprint density at radius 2 is 2.00 bits per heavy atom. The molecule has 3 heteroatoms. The lowest BCUT2D eigenvalue weighted by Gasteiger charge is -2.46. The SMILES string of the molecule is CCOc1ccc(N2CCNCC2(C)CC)cc1. The maximum Gasteiger partial charge on any atom is 0.119 e. The summed E-state index contributed by atoms with van der Waals surface area (Å²) >= 11 is 0. The van der Waals surface area contributed by atoms with Gasteiger partial charge in [0.25, 0.3) is 0 Å². The normalized spacial score (nSPS) is 24.1. The molecule has 1 aromatic carbocycles. The fourth-order valence-electron chi connectivity index (χ4n) is 2.56. The monoisotopic (exact) mass is 248 g/mol. The first kappa shape index (κ1) is 13.2. The quantitative estimate of drug-likeness (QED) is 0.886. The molecule has 1 aliphatic rings. The highest BCUT2D eigenvalue weighted by Crippen LogP contribution is 2.29. The van der Waals surface area contributed by atoms with Crippen molar-refractivity contribution in [2.24, 2.45) is 0 Å². The second-order valence-electron chi connectivity index (χ2n) is 5.11. The zero-order valence-electron chi connectivity index (χ0n) is 11.7. The lowest BCUT2D eigenvalue weighted by molar-refractivity contribution is 0.337. The predicted octanol–water partition coefficient (Wildman–Crippen LogP) is 2.66. The molecule has 18 heavy (non-hydrogen) atoms. The first-order chi connectivity index (χ1) is 8.69. The molecule has 1 fully saturated rings. The number of benzene rings is 1. The molecule has 0 aliphatic carbocycles. The molecule has 0 bridgehead atoms. The number of nitrogens with one attached hydrogen (secondary N) is 1. The first-order valence-electron chi connectivity index (χ1n) is 6.91. The van der Waals surface area contributed by atoms with Gasteiger partial charge in [0, 0.05) is 30.9 Å². The van der Waals surface area contributed by atoms with Crippen LogP contribution in [0.2, 0.25) is 0 Å². The fourth-order valence-corrected chi connectivity index (χ4v) is 2.56. The zero-order valence-corrected chi connectivity index (χ0v) is 11.7. The van der Waals surface area contributed by atoms with Crippen LogP contribution in [-0.4, -0.2) is 31.8 Å². The van der Waals surface area contributed by atoms with E-state index >= 15 is 0 Å². The molecule has 1 saturated heterocycles. The molecule has 1 N–H and O–H groups in total. The zero-order chi connectivity index (χ0) is 13.0. The van der Waals surface area contributed by atoms with E-state index in [2.05, 4.69) is 48.3 Å². The van der Waals surface area contributed by atoms with Crippen LogP contribution < -0.4 is 15.0 Å². The number of ether oxygens (including phenoxy) is 1. The van der Waals surface area contributed by atoms with E-state index in [1.54, 1.807) is 0 Å². The molecule has 1 unspecified atom stereocenters. The van der Waals surface area contributed by atoms with E-state index in [-0.39, 0.29) is 5.54 Å². The molecule has 3 nitrogen and oxygen atoms in total. The first-order valence-corrected chi connectivity index (χ1v) is 6.91. The van der Waals surface area contributed by atoms with E-state index in [0.29, 0.717) is 0 Å². The summed E-state index contributed by atoms with van der Waals surface area (Å²) in [7, 11) is 0. The van der Waals surface area contributed by atoms with Crippen LogP contribution in [0.15, 0.2) is 24.3 Å². The summed E-state index contributed by atoms with van der Waals surface area (Å²) in [5.41, 5.74) is 1.51. The van der Waals surface area contributed by atoms with Gasteiger partial charge < -0.3 is 15.0 Å². The van der Waals surface area contributed by atoms with Crippen LogP contribution in [0.4, 0.5) is 5.69 Å². The van der Waals surface area contributed by atoms with Gasteiger partial charge in [-0.05, 0) is 44.5 Å². The second kappa shape index (κ2) is 5.61. The molecule has 1 atom stereocenters. The molecule has 1 aromatic rings. The van der Waals surface area contributed by atoms with Crippen LogP contribution in [0.1, 0.15) is 27.2 Å². The van der Waals surface area contributed by atoms with Gasteiger partial charge in [-0.1, -0.05) is 6.92 Å². The summed E-state index contributed by atoms with van der Waals surface area (Å²) < 4.78 is 5.50. The average molecular weight is 248 g/mol. The number of anilines is 1. The summed E-state index contributed by atoms with van der Waals surface area (Å²) in [4.78, 5) is 2.51. The lowest BCUT2D eigenvalue weighted by Crippen LogP contribution is -2.59. The number of hydrogen-bond donors (Lipinski definition) is 1. The van der Waals surface area contributed by atoms with Gasteiger partial charge in [-0.15, -0.1) is 0 Å². The van der Waals surface area contributed by atoms with Crippen LogP contribution >= 0.6 is 0 Å². The Morgan fingerprint density at radius 1 is 1.28 bits per heavy atom. The Kier molecular flexibility index (Phi) is 4.12. The predicted molar refractivity (Wildman–Crippen MR) is 76.5 cm³/mol. The second-order valence-corrected chi connectivity index (χ2v) is 5.11. The van der Waals surface area contributed by atoms with E-state index in [1.807, 2.05) is 6.92 Å². The fraction of sp³-hybridized carbons (Fsp3) is 0.600. The summed E-state index contributed by atoms with van der Waals surface area (Å²) in [6.07, 6.45) is 1.15. The standard InChI is InChI=1S/C15H24N2O/c1-4-15(3)12-16-10-11-17(15)13-6-8-14(9-7-13)18-5-2/h6-9,16H,4-5,10-12H2,1-3H3. The Morgan fingerprint density at radius 3 is 2.61 bits per heavy atom. The summed E-state index contributed by atoms with van der Waals surface area (Å²) in [6.45, 7) is 10.5. The molecule has 2 rings (SSSR count). The number of piperazine rings is 1. The van der Waals surface area contributed by atoms with Crippen LogP contribution in [0, 0.1) is 0 Å². The Labute approximate surface area is 110 Å². The van der Waals surface area contributed by atoms with Crippen LogP contribution in [0.3, 0.4) is 0 Å². The van der Waals surface area contributed by atoms with Crippen molar-refractivity contribution >= 4 is 5.69 Å². The highest BCUT2D eigenvalue weighted by atomic mass is 16.5. The third kappa shape index (κ3) is 2.61. The Bertz CT molecular complexity index is 377. The molecule has 0 amide bonds. The van der Waals surface area contributed by atoms with Gasteiger partial charge in [0.05, 0.1) is 6.61 Å². The van der Waals surface area contributed by atoms with Gasteiger partial charge in [0.1, 0.15) is 5.75 Å². The van der Waals surface area contributed by atoms with Crippen LogP contribution in [0.5, 0.6) is 5.75 Å². The molecule has 100 valence electrons. The molecule has 0 aromatic heterocycles. The number of nitrogens with zero attached hydrogens (tertiary/aromatic N) is 1. The molecule has 0 radical (unpaired) electrons. The minimum atomic E-state index is 0.214. The maximum absolute atomic E-state index is 5.50. The van der Waals surface area contributed by atoms with Crippen molar-refractivity contribution in [3.05, 3.63) is 24.3 Å². The van der Waals surface area contributed by atoms with Gasteiger partial charge >= 0.3 is 0 Å². The largest absolute Gasteiger partial charge is 0.494 e. The summed E-state index contributed by atoms with van der Waals surface area (Å²) in [6, 6.07) is 8.47. The molecule has 0 saturated carbocycles.